The molecule has 0 spiro atoms. The Hall–Kier alpha value is -3.96. The summed E-state index contributed by atoms with van der Waals surface area (Å²) in [6.45, 7) is 4.50. The Morgan fingerprint density at radius 1 is 0.667 bits per heavy atom. The van der Waals surface area contributed by atoms with Crippen LogP contribution in [0.3, 0.4) is 0 Å². The lowest BCUT2D eigenvalue weighted by molar-refractivity contribution is 0.709. The van der Waals surface area contributed by atoms with Gasteiger partial charge in [0.05, 0.1) is 5.41 Å². The van der Waals surface area contributed by atoms with Gasteiger partial charge < -0.3 is 11.5 Å². The molecule has 4 N–H and O–H groups in total. The van der Waals surface area contributed by atoms with Gasteiger partial charge in [0.2, 0.25) is 0 Å². The van der Waals surface area contributed by atoms with Crippen LogP contribution in [0, 0.1) is 12.3 Å². The van der Waals surface area contributed by atoms with Crippen molar-refractivity contribution in [1.29, 1.82) is 0 Å². The van der Waals surface area contributed by atoms with Crippen LogP contribution in [0.2, 0.25) is 0 Å². The molecule has 0 amide bonds. The zero-order chi connectivity index (χ0) is 27.4. The maximum atomic E-state index is 6.41. The first-order valence-electron chi connectivity index (χ1n) is 14.5. The number of fused-ring (bicyclic) bond motifs is 3. The molecule has 2 heteroatoms. The van der Waals surface area contributed by atoms with Crippen molar-refractivity contribution in [2.75, 3.05) is 11.5 Å². The van der Waals surface area contributed by atoms with E-state index >= 15 is 0 Å². The molecular weight excluding hydrogens is 472 g/mol. The zero-order valence-corrected chi connectivity index (χ0v) is 23.4. The van der Waals surface area contributed by atoms with Gasteiger partial charge in [0.1, 0.15) is 0 Å². The van der Waals surface area contributed by atoms with E-state index in [2.05, 4.69) is 74.4 Å². The van der Waals surface area contributed by atoms with Crippen molar-refractivity contribution in [2.24, 2.45) is 0 Å². The third kappa shape index (κ3) is 4.72. The molecule has 1 aliphatic rings. The second-order valence-electron chi connectivity index (χ2n) is 11.0. The average Bonchev–Trinajstić information content (AvgIpc) is 3.24. The van der Waals surface area contributed by atoms with E-state index in [1.165, 1.54) is 76.6 Å². The highest BCUT2D eigenvalue weighted by Gasteiger charge is 2.48. The highest BCUT2D eigenvalue weighted by Crippen LogP contribution is 2.58. The first kappa shape index (κ1) is 26.6. The highest BCUT2D eigenvalue weighted by atomic mass is 14.6. The first-order valence-corrected chi connectivity index (χ1v) is 14.5. The van der Waals surface area contributed by atoms with Crippen LogP contribution in [-0.4, -0.2) is 0 Å². The summed E-state index contributed by atoms with van der Waals surface area (Å²) in [7, 11) is 0. The number of terminal acetylenes is 1. The molecule has 2 nitrogen and oxygen atoms in total. The Kier molecular flexibility index (Phi) is 7.80. The van der Waals surface area contributed by atoms with E-state index in [0.717, 1.165) is 36.2 Å². The van der Waals surface area contributed by atoms with E-state index < -0.39 is 5.41 Å². The lowest BCUT2D eigenvalue weighted by Crippen LogP contribution is -2.30. The second-order valence-corrected chi connectivity index (χ2v) is 11.0. The molecule has 0 aliphatic heterocycles. The van der Waals surface area contributed by atoms with Crippen molar-refractivity contribution in [3.8, 4) is 23.5 Å². The van der Waals surface area contributed by atoms with E-state index in [1.54, 1.807) is 0 Å². The van der Waals surface area contributed by atoms with Crippen molar-refractivity contribution in [1.82, 2.24) is 0 Å². The monoisotopic (exact) mass is 512 g/mol. The van der Waals surface area contributed by atoms with Crippen LogP contribution in [0.5, 0.6) is 0 Å². The van der Waals surface area contributed by atoms with E-state index in [0.29, 0.717) is 0 Å². The SMILES string of the molecule is C#Cc1c(CCCCC)ccc2c1C(c1ccc(N)cc1)(c1ccc(N)cc1)c1cc(CCCCC)ccc1-2. The van der Waals surface area contributed by atoms with E-state index in [1.807, 2.05) is 24.3 Å². The topological polar surface area (TPSA) is 52.0 Å². The molecule has 0 saturated carbocycles. The number of benzene rings is 4. The average molecular weight is 513 g/mol. The third-order valence-corrected chi connectivity index (χ3v) is 8.40. The number of unbranched alkanes of at least 4 members (excludes halogenated alkanes) is 4. The zero-order valence-electron chi connectivity index (χ0n) is 23.4. The Bertz CT molecular complexity index is 1440. The van der Waals surface area contributed by atoms with Crippen LogP contribution in [0.25, 0.3) is 11.1 Å². The van der Waals surface area contributed by atoms with Crippen molar-refractivity contribution in [3.63, 3.8) is 0 Å². The molecule has 5 rings (SSSR count). The van der Waals surface area contributed by atoms with Crippen LogP contribution in [0.1, 0.15) is 91.3 Å². The quantitative estimate of drug-likeness (QED) is 0.112. The number of hydrogen-bond donors (Lipinski definition) is 2. The molecule has 198 valence electrons. The van der Waals surface area contributed by atoms with Gasteiger partial charge in [0.25, 0.3) is 0 Å². The minimum atomic E-state index is -0.560. The second kappa shape index (κ2) is 11.4. The minimum absolute atomic E-state index is 0.560. The Balaban J connectivity index is 1.86. The fourth-order valence-electron chi connectivity index (χ4n) is 6.44. The molecule has 0 heterocycles. The van der Waals surface area contributed by atoms with Crippen molar-refractivity contribution in [3.05, 3.63) is 118 Å². The van der Waals surface area contributed by atoms with E-state index in [4.69, 9.17) is 17.9 Å². The minimum Gasteiger partial charge on any atom is -0.399 e. The van der Waals surface area contributed by atoms with Gasteiger partial charge in [-0.2, -0.15) is 0 Å². The summed E-state index contributed by atoms with van der Waals surface area (Å²) in [4.78, 5) is 0. The molecule has 0 atom stereocenters. The summed E-state index contributed by atoms with van der Waals surface area (Å²) in [6, 6.07) is 28.4. The van der Waals surface area contributed by atoms with Gasteiger partial charge >= 0.3 is 0 Å². The number of anilines is 2. The lowest BCUT2D eigenvalue weighted by atomic mass is 9.66. The predicted octanol–water partition coefficient (Wildman–Crippen LogP) is 8.66. The van der Waals surface area contributed by atoms with Crippen LogP contribution in [-0.2, 0) is 18.3 Å². The van der Waals surface area contributed by atoms with Crippen LogP contribution >= 0.6 is 0 Å². The number of nitrogen functional groups attached to an aromatic ring is 2. The molecule has 4 aromatic rings. The Labute approximate surface area is 234 Å². The molecule has 0 saturated heterocycles. The lowest BCUT2D eigenvalue weighted by Gasteiger charge is -2.35. The number of aryl methyl sites for hydroxylation is 2. The summed E-state index contributed by atoms with van der Waals surface area (Å²) in [6.07, 6.45) is 15.6. The predicted molar refractivity (Wildman–Crippen MR) is 167 cm³/mol. The molecule has 4 aromatic carbocycles. The number of nitrogens with two attached hydrogens (primary N) is 2. The van der Waals surface area contributed by atoms with Gasteiger partial charge in [0, 0.05) is 16.9 Å². The van der Waals surface area contributed by atoms with E-state index in [-0.39, 0.29) is 0 Å². The largest absolute Gasteiger partial charge is 0.399 e. The van der Waals surface area contributed by atoms with Crippen molar-refractivity contribution >= 4 is 11.4 Å². The molecular formula is C37H40N2. The maximum Gasteiger partial charge on any atom is 0.0726 e. The van der Waals surface area contributed by atoms with Crippen LogP contribution in [0.15, 0.2) is 78.9 Å². The molecule has 0 bridgehead atoms. The highest BCUT2D eigenvalue weighted by molar-refractivity contribution is 5.89. The number of rotatable bonds is 10. The molecule has 0 fully saturated rings. The summed E-state index contributed by atoms with van der Waals surface area (Å²) >= 11 is 0. The van der Waals surface area contributed by atoms with Gasteiger partial charge in [-0.05, 0) is 94.5 Å². The Morgan fingerprint density at radius 3 is 1.79 bits per heavy atom. The van der Waals surface area contributed by atoms with Gasteiger partial charge in [-0.3, -0.25) is 0 Å². The molecule has 0 aromatic heterocycles. The summed E-state index contributed by atoms with van der Waals surface area (Å²) < 4.78 is 0. The number of hydrogen-bond acceptors (Lipinski definition) is 2. The van der Waals surface area contributed by atoms with E-state index in [9.17, 15) is 0 Å². The standard InChI is InChI=1S/C37H40N2/c1-4-7-9-11-26-13-23-33-34-24-14-27(12-10-8-5-2)32(6-3)36(34)37(35(33)25-26,28-15-19-30(38)20-16-28)29-17-21-31(39)22-18-29/h3,13-25H,4-5,7-12,38-39H2,1-2H3. The maximum absolute atomic E-state index is 6.41. The first-order chi connectivity index (χ1) is 19.0. The normalized spacial score (nSPS) is 13.1. The van der Waals surface area contributed by atoms with Crippen LogP contribution in [0.4, 0.5) is 11.4 Å². The summed E-state index contributed by atoms with van der Waals surface area (Å²) in [5, 5.41) is 0. The van der Waals surface area contributed by atoms with Gasteiger partial charge in [-0.1, -0.05) is 100 Å². The smallest absolute Gasteiger partial charge is 0.0726 e. The Morgan fingerprint density at radius 2 is 1.23 bits per heavy atom. The van der Waals surface area contributed by atoms with Crippen LogP contribution < -0.4 is 11.5 Å². The fourth-order valence-corrected chi connectivity index (χ4v) is 6.44. The fraction of sp³-hybridized carbons (Fsp3) is 0.297. The third-order valence-electron chi connectivity index (χ3n) is 8.40. The molecule has 0 unspecified atom stereocenters. The molecule has 0 radical (unpaired) electrons. The van der Waals surface area contributed by atoms with Crippen molar-refractivity contribution < 1.29 is 0 Å². The molecule has 39 heavy (non-hydrogen) atoms. The van der Waals surface area contributed by atoms with Gasteiger partial charge in [-0.25, -0.2) is 0 Å². The summed E-state index contributed by atoms with van der Waals surface area (Å²) in [5.74, 6) is 3.18. The van der Waals surface area contributed by atoms with Crippen molar-refractivity contribution in [2.45, 2.75) is 70.6 Å². The van der Waals surface area contributed by atoms with Gasteiger partial charge in [-0.15, -0.1) is 6.42 Å². The molecule has 1 aliphatic carbocycles. The summed E-state index contributed by atoms with van der Waals surface area (Å²) in [5.41, 5.74) is 24.4. The van der Waals surface area contributed by atoms with Gasteiger partial charge in [0.15, 0.2) is 0 Å².